The fourth-order valence-electron chi connectivity index (χ4n) is 2.44. The van der Waals surface area contributed by atoms with E-state index >= 15 is 0 Å². The third-order valence-electron chi connectivity index (χ3n) is 3.96. The Bertz CT molecular complexity index is 551. The molecule has 1 atom stereocenters. The van der Waals surface area contributed by atoms with Gasteiger partial charge in [-0.25, -0.2) is 8.42 Å². The Morgan fingerprint density at radius 1 is 1.32 bits per heavy atom. The molecule has 0 radical (unpaired) electrons. The summed E-state index contributed by atoms with van der Waals surface area (Å²) in [6.45, 7) is 7.13. The summed E-state index contributed by atoms with van der Waals surface area (Å²) in [7, 11) is -3.39. The van der Waals surface area contributed by atoms with E-state index in [2.05, 4.69) is 13.8 Å². The van der Waals surface area contributed by atoms with Crippen LogP contribution in [0, 0.1) is 18.3 Å². The normalized spacial score (nSPS) is 23.7. The summed E-state index contributed by atoms with van der Waals surface area (Å²) in [5.41, 5.74) is 0.985. The summed E-state index contributed by atoms with van der Waals surface area (Å²) in [5.74, 6) is 0.696. The first-order valence-corrected chi connectivity index (χ1v) is 8.37. The van der Waals surface area contributed by atoms with Crippen LogP contribution in [0.5, 0.6) is 0 Å². The van der Waals surface area contributed by atoms with Gasteiger partial charge in [-0.2, -0.15) is 4.31 Å². The lowest BCUT2D eigenvalue weighted by molar-refractivity contribution is 0.308. The van der Waals surface area contributed by atoms with Crippen molar-refractivity contribution in [3.8, 4) is 0 Å². The number of hydrogen-bond donors (Lipinski definition) is 0. The number of benzene rings is 1. The average molecular weight is 302 g/mol. The highest BCUT2D eigenvalue weighted by molar-refractivity contribution is 7.89. The second-order valence-corrected chi connectivity index (χ2v) is 8.20. The van der Waals surface area contributed by atoms with Gasteiger partial charge in [-0.05, 0) is 30.4 Å². The van der Waals surface area contributed by atoms with Gasteiger partial charge < -0.3 is 0 Å². The number of rotatable bonds is 3. The van der Waals surface area contributed by atoms with Crippen LogP contribution in [-0.2, 0) is 10.0 Å². The number of alkyl halides is 1. The molecule has 0 saturated carbocycles. The first-order chi connectivity index (χ1) is 8.77. The summed E-state index contributed by atoms with van der Waals surface area (Å²) in [4.78, 5) is 0.365. The Labute approximate surface area is 120 Å². The Hall–Kier alpha value is -0.580. The van der Waals surface area contributed by atoms with Crippen LogP contribution in [0.2, 0.25) is 0 Å². The van der Waals surface area contributed by atoms with Gasteiger partial charge in [-0.1, -0.05) is 31.5 Å². The lowest BCUT2D eigenvalue weighted by atomic mass is 9.83. The Morgan fingerprint density at radius 2 is 1.89 bits per heavy atom. The maximum atomic E-state index is 12.6. The molecule has 0 spiro atoms. The summed E-state index contributed by atoms with van der Waals surface area (Å²) >= 11 is 5.95. The maximum absolute atomic E-state index is 12.6. The van der Waals surface area contributed by atoms with Crippen molar-refractivity contribution in [3.05, 3.63) is 29.8 Å². The van der Waals surface area contributed by atoms with Gasteiger partial charge in [0.15, 0.2) is 0 Å². The highest BCUT2D eigenvalue weighted by Gasteiger charge is 2.43. The first kappa shape index (κ1) is 14.8. The predicted octanol–water partition coefficient (Wildman–Crippen LogP) is 2.88. The fourth-order valence-corrected chi connectivity index (χ4v) is 4.61. The van der Waals surface area contributed by atoms with Gasteiger partial charge in [0.2, 0.25) is 10.0 Å². The van der Waals surface area contributed by atoms with Crippen molar-refractivity contribution in [1.29, 1.82) is 0 Å². The van der Waals surface area contributed by atoms with Crippen molar-refractivity contribution >= 4 is 21.6 Å². The molecule has 0 aromatic heterocycles. The van der Waals surface area contributed by atoms with Crippen molar-refractivity contribution in [3.63, 3.8) is 0 Å². The summed E-state index contributed by atoms with van der Waals surface area (Å²) in [6.07, 6.45) is 0. The van der Waals surface area contributed by atoms with Crippen LogP contribution in [0.1, 0.15) is 19.4 Å². The van der Waals surface area contributed by atoms with E-state index in [-0.39, 0.29) is 11.3 Å². The molecule has 1 aromatic rings. The van der Waals surface area contributed by atoms with E-state index < -0.39 is 10.0 Å². The van der Waals surface area contributed by atoms with Crippen molar-refractivity contribution in [1.82, 2.24) is 4.31 Å². The van der Waals surface area contributed by atoms with Crippen molar-refractivity contribution < 1.29 is 8.42 Å². The van der Waals surface area contributed by atoms with Crippen LogP contribution in [0.15, 0.2) is 29.2 Å². The van der Waals surface area contributed by atoms with Gasteiger partial charge in [0.25, 0.3) is 0 Å². The molecular formula is C14H20ClNO2S. The largest absolute Gasteiger partial charge is 0.243 e. The molecule has 5 heteroatoms. The molecule has 1 aliphatic heterocycles. The van der Waals surface area contributed by atoms with Crippen molar-refractivity contribution in [2.45, 2.75) is 25.7 Å². The number of halogens is 1. The van der Waals surface area contributed by atoms with Crippen LogP contribution in [0.4, 0.5) is 0 Å². The predicted molar refractivity (Wildman–Crippen MR) is 77.9 cm³/mol. The Balaban J connectivity index is 2.29. The molecule has 0 N–H and O–H groups in total. The lowest BCUT2D eigenvalue weighted by Crippen LogP contribution is -2.30. The van der Waals surface area contributed by atoms with Crippen molar-refractivity contribution in [2.75, 3.05) is 19.0 Å². The van der Waals surface area contributed by atoms with E-state index in [0.717, 1.165) is 5.56 Å². The van der Waals surface area contributed by atoms with E-state index in [1.54, 1.807) is 16.4 Å². The molecular weight excluding hydrogens is 282 g/mol. The molecule has 2 rings (SSSR count). The van der Waals surface area contributed by atoms with Crippen LogP contribution >= 0.6 is 11.6 Å². The van der Waals surface area contributed by atoms with E-state index in [1.165, 1.54) is 0 Å². The van der Waals surface area contributed by atoms with Gasteiger partial charge >= 0.3 is 0 Å². The van der Waals surface area contributed by atoms with Gasteiger partial charge in [0, 0.05) is 19.0 Å². The molecule has 19 heavy (non-hydrogen) atoms. The molecule has 3 nitrogen and oxygen atoms in total. The number of nitrogens with zero attached hydrogens (tertiary/aromatic N) is 1. The molecule has 1 saturated heterocycles. The van der Waals surface area contributed by atoms with E-state index in [1.807, 2.05) is 19.1 Å². The van der Waals surface area contributed by atoms with Gasteiger partial charge in [0.05, 0.1) is 4.90 Å². The number of hydrogen-bond acceptors (Lipinski definition) is 2. The van der Waals surface area contributed by atoms with Gasteiger partial charge in [0.1, 0.15) is 0 Å². The topological polar surface area (TPSA) is 37.4 Å². The monoisotopic (exact) mass is 301 g/mol. The number of aryl methyl sites for hydroxylation is 1. The zero-order valence-electron chi connectivity index (χ0n) is 11.6. The third kappa shape index (κ3) is 2.81. The lowest BCUT2D eigenvalue weighted by Gasteiger charge is -2.23. The molecule has 0 aliphatic carbocycles. The van der Waals surface area contributed by atoms with Crippen LogP contribution < -0.4 is 0 Å². The first-order valence-electron chi connectivity index (χ1n) is 6.40. The highest BCUT2D eigenvalue weighted by Crippen LogP contribution is 2.38. The summed E-state index contributed by atoms with van der Waals surface area (Å²) in [5, 5.41) is 0. The Kier molecular flexibility index (Phi) is 3.96. The minimum Gasteiger partial charge on any atom is -0.207 e. The van der Waals surface area contributed by atoms with E-state index in [0.29, 0.717) is 23.9 Å². The Morgan fingerprint density at radius 3 is 2.37 bits per heavy atom. The standard InChI is InChI=1S/C14H20ClNO2S/c1-11-4-6-13(7-5-11)19(17,18)16-9-12(8-15)14(2,3)10-16/h4-7,12H,8-10H2,1-3H3. The van der Waals surface area contributed by atoms with Crippen LogP contribution in [-0.4, -0.2) is 31.7 Å². The second kappa shape index (κ2) is 5.08. The van der Waals surface area contributed by atoms with E-state index in [4.69, 9.17) is 11.6 Å². The second-order valence-electron chi connectivity index (χ2n) is 5.95. The molecule has 0 amide bonds. The molecule has 1 aliphatic rings. The molecule has 1 fully saturated rings. The highest BCUT2D eigenvalue weighted by atomic mass is 35.5. The van der Waals surface area contributed by atoms with Gasteiger partial charge in [-0.15, -0.1) is 11.6 Å². The molecule has 106 valence electrons. The average Bonchev–Trinajstić information content (AvgIpc) is 2.65. The smallest absolute Gasteiger partial charge is 0.207 e. The zero-order valence-corrected chi connectivity index (χ0v) is 13.1. The summed E-state index contributed by atoms with van der Waals surface area (Å²) < 4.78 is 26.7. The minimum absolute atomic E-state index is 0.0699. The van der Waals surface area contributed by atoms with Crippen molar-refractivity contribution in [2.24, 2.45) is 11.3 Å². The number of sulfonamides is 1. The van der Waals surface area contributed by atoms with E-state index in [9.17, 15) is 8.42 Å². The third-order valence-corrected chi connectivity index (χ3v) is 6.16. The quantitative estimate of drug-likeness (QED) is 0.805. The molecule has 1 unspecified atom stereocenters. The molecule has 1 heterocycles. The summed E-state index contributed by atoms with van der Waals surface area (Å²) in [6, 6.07) is 7.00. The minimum atomic E-state index is -3.39. The fraction of sp³-hybridized carbons (Fsp3) is 0.571. The van der Waals surface area contributed by atoms with Crippen LogP contribution in [0.25, 0.3) is 0 Å². The van der Waals surface area contributed by atoms with Crippen LogP contribution in [0.3, 0.4) is 0 Å². The zero-order chi connectivity index (χ0) is 14.3. The molecule has 1 aromatic carbocycles. The molecule has 0 bridgehead atoms. The SMILES string of the molecule is Cc1ccc(S(=O)(=O)N2CC(CCl)C(C)(C)C2)cc1. The maximum Gasteiger partial charge on any atom is 0.243 e. The van der Waals surface area contributed by atoms with Gasteiger partial charge in [-0.3, -0.25) is 0 Å².